The first-order valence-electron chi connectivity index (χ1n) is 11.5. The number of methoxy groups -OCH3 is 1. The molecule has 2 aromatic carbocycles. The summed E-state index contributed by atoms with van der Waals surface area (Å²) < 4.78 is 5.28. The Hall–Kier alpha value is -4.04. The lowest BCUT2D eigenvalue weighted by atomic mass is 10.0. The van der Waals surface area contributed by atoms with E-state index >= 15 is 0 Å². The Labute approximate surface area is 206 Å². The molecule has 1 fully saturated rings. The van der Waals surface area contributed by atoms with Crippen LogP contribution in [0.5, 0.6) is 5.75 Å². The molecule has 0 bridgehead atoms. The number of amides is 1. The van der Waals surface area contributed by atoms with E-state index < -0.39 is 0 Å². The molecule has 3 aromatic heterocycles. The number of benzene rings is 2. The summed E-state index contributed by atoms with van der Waals surface area (Å²) in [5.41, 5.74) is 3.20. The third-order valence-corrected chi connectivity index (χ3v) is 7.26. The van der Waals surface area contributed by atoms with Gasteiger partial charge in [0.25, 0.3) is 5.91 Å². The van der Waals surface area contributed by atoms with Crippen LogP contribution in [0.1, 0.15) is 10.4 Å². The lowest BCUT2D eigenvalue weighted by molar-refractivity contribution is 0.0748. The summed E-state index contributed by atoms with van der Waals surface area (Å²) in [5, 5.41) is 3.98. The van der Waals surface area contributed by atoms with E-state index in [9.17, 15) is 4.79 Å². The molecule has 7 nitrogen and oxygen atoms in total. The molecule has 6 rings (SSSR count). The molecule has 0 radical (unpaired) electrons. The summed E-state index contributed by atoms with van der Waals surface area (Å²) in [7, 11) is 1.65. The number of nitrogens with zero attached hydrogens (tertiary/aromatic N) is 5. The quantitative estimate of drug-likeness (QED) is 0.364. The highest BCUT2D eigenvalue weighted by atomic mass is 32.1. The fourth-order valence-corrected chi connectivity index (χ4v) is 5.31. The fraction of sp³-hybridized carbons (Fsp3) is 0.185. The molecule has 35 heavy (non-hydrogen) atoms. The molecular weight excluding hydrogens is 458 g/mol. The van der Waals surface area contributed by atoms with Gasteiger partial charge >= 0.3 is 0 Å². The second-order valence-electron chi connectivity index (χ2n) is 8.42. The zero-order chi connectivity index (χ0) is 23.8. The second-order valence-corrected chi connectivity index (χ2v) is 9.31. The minimum absolute atomic E-state index is 0.0291. The van der Waals surface area contributed by atoms with Crippen LogP contribution in [0, 0.1) is 0 Å². The Bertz CT molecular complexity index is 1520. The van der Waals surface area contributed by atoms with Crippen molar-refractivity contribution in [2.45, 2.75) is 0 Å². The van der Waals surface area contributed by atoms with Gasteiger partial charge in [0.2, 0.25) is 0 Å². The van der Waals surface area contributed by atoms with E-state index in [0.717, 1.165) is 57.0 Å². The van der Waals surface area contributed by atoms with Gasteiger partial charge in [-0.3, -0.25) is 4.79 Å². The van der Waals surface area contributed by atoms with Crippen molar-refractivity contribution in [3.05, 3.63) is 77.9 Å². The SMILES string of the molecule is COc1ccc(-c2cc(C(=O)N3CCN(c4ncnc5sccc45)CC3)c3ccccc3n2)cc1. The van der Waals surface area contributed by atoms with Gasteiger partial charge in [-0.05, 0) is 47.8 Å². The normalized spacial score (nSPS) is 14.0. The maximum Gasteiger partial charge on any atom is 0.254 e. The number of aromatic nitrogens is 3. The van der Waals surface area contributed by atoms with Gasteiger partial charge in [-0.1, -0.05) is 18.2 Å². The Balaban J connectivity index is 1.29. The van der Waals surface area contributed by atoms with Crippen LogP contribution in [0.4, 0.5) is 5.82 Å². The lowest BCUT2D eigenvalue weighted by Crippen LogP contribution is -2.49. The van der Waals surface area contributed by atoms with E-state index in [1.807, 2.05) is 64.9 Å². The van der Waals surface area contributed by atoms with E-state index in [1.165, 1.54) is 0 Å². The number of fused-ring (bicyclic) bond motifs is 2. The van der Waals surface area contributed by atoms with Crippen molar-refractivity contribution in [1.29, 1.82) is 0 Å². The molecule has 1 aliphatic heterocycles. The van der Waals surface area contributed by atoms with Crippen molar-refractivity contribution in [3.8, 4) is 17.0 Å². The zero-order valence-electron chi connectivity index (χ0n) is 19.2. The van der Waals surface area contributed by atoms with Crippen LogP contribution in [0.25, 0.3) is 32.4 Å². The third kappa shape index (κ3) is 3.95. The third-order valence-electron chi connectivity index (χ3n) is 6.44. The van der Waals surface area contributed by atoms with Gasteiger partial charge in [-0.15, -0.1) is 11.3 Å². The molecule has 0 spiro atoms. The summed E-state index contributed by atoms with van der Waals surface area (Å²) >= 11 is 1.62. The number of carbonyl (C=O) groups excluding carboxylic acids is 1. The summed E-state index contributed by atoms with van der Waals surface area (Å²) in [6.45, 7) is 2.70. The van der Waals surface area contributed by atoms with Gasteiger partial charge in [0, 0.05) is 37.1 Å². The molecule has 8 heteroatoms. The van der Waals surface area contributed by atoms with Gasteiger partial charge in [-0.2, -0.15) is 0 Å². The molecule has 0 saturated carbocycles. The maximum atomic E-state index is 13.7. The van der Waals surface area contributed by atoms with E-state index in [4.69, 9.17) is 9.72 Å². The van der Waals surface area contributed by atoms with Crippen LogP contribution in [0.15, 0.2) is 72.4 Å². The zero-order valence-corrected chi connectivity index (χ0v) is 20.0. The number of para-hydroxylation sites is 1. The van der Waals surface area contributed by atoms with E-state index in [2.05, 4.69) is 20.9 Å². The van der Waals surface area contributed by atoms with Crippen LogP contribution < -0.4 is 9.64 Å². The number of ether oxygens (including phenoxy) is 1. The first kappa shape index (κ1) is 21.5. The second kappa shape index (κ2) is 8.96. The Morgan fingerprint density at radius 3 is 2.54 bits per heavy atom. The first-order valence-corrected chi connectivity index (χ1v) is 12.4. The Kier molecular flexibility index (Phi) is 5.50. The van der Waals surface area contributed by atoms with Crippen molar-refractivity contribution >= 4 is 44.2 Å². The van der Waals surface area contributed by atoms with E-state index in [-0.39, 0.29) is 5.91 Å². The van der Waals surface area contributed by atoms with E-state index in [0.29, 0.717) is 18.7 Å². The number of hydrogen-bond donors (Lipinski definition) is 0. The molecule has 1 saturated heterocycles. The number of thiophene rings is 1. The number of hydrogen-bond acceptors (Lipinski definition) is 7. The predicted molar refractivity (Wildman–Crippen MR) is 139 cm³/mol. The number of anilines is 1. The van der Waals surface area contributed by atoms with Crippen LogP contribution in [0.2, 0.25) is 0 Å². The number of piperazine rings is 1. The molecule has 5 aromatic rings. The fourth-order valence-electron chi connectivity index (χ4n) is 4.58. The highest BCUT2D eigenvalue weighted by molar-refractivity contribution is 7.16. The number of carbonyl (C=O) groups is 1. The van der Waals surface area contributed by atoms with Crippen LogP contribution >= 0.6 is 11.3 Å². The minimum Gasteiger partial charge on any atom is -0.497 e. The molecule has 0 atom stereocenters. The van der Waals surface area contributed by atoms with Crippen molar-refractivity contribution in [2.75, 3.05) is 38.2 Å². The predicted octanol–water partition coefficient (Wildman–Crippen LogP) is 4.88. The van der Waals surface area contributed by atoms with Gasteiger partial charge in [0.15, 0.2) is 0 Å². The van der Waals surface area contributed by atoms with Gasteiger partial charge in [0.1, 0.15) is 22.7 Å². The number of rotatable bonds is 4. The van der Waals surface area contributed by atoms with Gasteiger partial charge in [0.05, 0.1) is 29.3 Å². The summed E-state index contributed by atoms with van der Waals surface area (Å²) in [4.78, 5) is 32.6. The van der Waals surface area contributed by atoms with Crippen LogP contribution in [-0.4, -0.2) is 59.0 Å². The number of pyridine rings is 1. The monoisotopic (exact) mass is 481 g/mol. The molecule has 0 aliphatic carbocycles. The van der Waals surface area contributed by atoms with Crippen LogP contribution in [0.3, 0.4) is 0 Å². The lowest BCUT2D eigenvalue weighted by Gasteiger charge is -2.35. The molecule has 4 heterocycles. The van der Waals surface area contributed by atoms with Crippen molar-refractivity contribution in [2.24, 2.45) is 0 Å². The largest absolute Gasteiger partial charge is 0.497 e. The molecule has 1 amide bonds. The van der Waals surface area contributed by atoms with Crippen molar-refractivity contribution < 1.29 is 9.53 Å². The maximum absolute atomic E-state index is 13.7. The Morgan fingerprint density at radius 2 is 1.74 bits per heavy atom. The standard InChI is InChI=1S/C27H23N5O2S/c1-34-19-8-6-18(7-9-19)24-16-22(20-4-2-3-5-23(20)30-24)27(33)32-13-11-31(12-14-32)25-21-10-15-35-26(21)29-17-28-25/h2-10,15-17H,11-14H2,1H3. The summed E-state index contributed by atoms with van der Waals surface area (Å²) in [6, 6.07) is 19.6. The molecule has 0 N–H and O–H groups in total. The van der Waals surface area contributed by atoms with Gasteiger partial charge < -0.3 is 14.5 Å². The minimum atomic E-state index is 0.0291. The molecule has 174 valence electrons. The van der Waals surface area contributed by atoms with Gasteiger partial charge in [-0.25, -0.2) is 15.0 Å². The summed E-state index contributed by atoms with van der Waals surface area (Å²) in [6.07, 6.45) is 1.62. The average molecular weight is 482 g/mol. The first-order chi connectivity index (χ1) is 17.2. The highest BCUT2D eigenvalue weighted by Gasteiger charge is 2.26. The molecule has 1 aliphatic rings. The van der Waals surface area contributed by atoms with Crippen molar-refractivity contribution in [3.63, 3.8) is 0 Å². The highest BCUT2D eigenvalue weighted by Crippen LogP contribution is 2.29. The van der Waals surface area contributed by atoms with Crippen LogP contribution in [-0.2, 0) is 0 Å². The van der Waals surface area contributed by atoms with E-state index in [1.54, 1.807) is 24.8 Å². The molecular formula is C27H23N5O2S. The Morgan fingerprint density at radius 1 is 0.943 bits per heavy atom. The average Bonchev–Trinajstić information content (AvgIpc) is 3.41. The van der Waals surface area contributed by atoms with Crippen molar-refractivity contribution in [1.82, 2.24) is 19.9 Å². The molecule has 0 unspecified atom stereocenters. The summed E-state index contributed by atoms with van der Waals surface area (Å²) in [5.74, 6) is 1.76. The topological polar surface area (TPSA) is 71.5 Å². The smallest absolute Gasteiger partial charge is 0.254 e.